The quantitative estimate of drug-likeness (QED) is 0.504. The lowest BCUT2D eigenvalue weighted by Crippen LogP contribution is -2.42. The maximum atomic E-state index is 12.7. The molecule has 154 valence electrons. The van der Waals surface area contributed by atoms with Gasteiger partial charge in [-0.05, 0) is 31.2 Å². The lowest BCUT2D eigenvalue weighted by atomic mass is 9.97. The maximum Gasteiger partial charge on any atom is 0.225 e. The molecule has 1 unspecified atom stereocenters. The number of aromatic nitrogens is 3. The molecule has 3 aromatic heterocycles. The number of imidazole rings is 1. The Hall–Kier alpha value is -2.71. The molecule has 1 aromatic carbocycles. The molecule has 1 saturated heterocycles. The number of nitrogens with zero attached hydrogens (tertiary/aromatic N) is 4. The number of nitrogens with one attached hydrogen (secondary N) is 1. The van der Waals surface area contributed by atoms with Crippen molar-refractivity contribution in [2.24, 2.45) is 5.92 Å². The number of hydrogen-bond acceptors (Lipinski definition) is 6. The van der Waals surface area contributed by atoms with E-state index in [1.54, 1.807) is 22.7 Å². The van der Waals surface area contributed by atoms with Gasteiger partial charge in [0.25, 0.3) is 0 Å². The molecule has 1 aliphatic rings. The Balaban J connectivity index is 1.27. The van der Waals surface area contributed by atoms with Gasteiger partial charge in [0.2, 0.25) is 16.0 Å². The summed E-state index contributed by atoms with van der Waals surface area (Å²) in [6.07, 6.45) is 3.90. The molecule has 0 radical (unpaired) electrons. The van der Waals surface area contributed by atoms with Crippen LogP contribution in [0.5, 0.6) is 0 Å². The van der Waals surface area contributed by atoms with Gasteiger partial charge in [0.15, 0.2) is 0 Å². The highest BCUT2D eigenvalue weighted by molar-refractivity contribution is 7.20. The second-order valence-electron chi connectivity index (χ2n) is 7.69. The molecule has 1 atom stereocenters. The minimum atomic E-state index is -0.00180. The smallest absolute Gasteiger partial charge is 0.225 e. The first-order chi connectivity index (χ1) is 14.7. The van der Waals surface area contributed by atoms with Crippen LogP contribution in [0.2, 0.25) is 0 Å². The van der Waals surface area contributed by atoms with E-state index in [1.165, 1.54) is 10.4 Å². The second kappa shape index (κ2) is 8.20. The predicted molar refractivity (Wildman–Crippen MR) is 122 cm³/mol. The zero-order chi connectivity index (χ0) is 20.5. The summed E-state index contributed by atoms with van der Waals surface area (Å²) in [4.78, 5) is 21.7. The van der Waals surface area contributed by atoms with Crippen molar-refractivity contribution in [3.05, 3.63) is 58.4 Å². The van der Waals surface area contributed by atoms with E-state index in [2.05, 4.69) is 41.4 Å². The molecule has 5 rings (SSSR count). The van der Waals surface area contributed by atoms with Crippen molar-refractivity contribution in [2.75, 3.05) is 18.0 Å². The van der Waals surface area contributed by atoms with Crippen LogP contribution in [0.25, 0.3) is 16.2 Å². The molecule has 0 saturated carbocycles. The topological polar surface area (TPSA) is 62.5 Å². The molecule has 8 heteroatoms. The maximum absolute atomic E-state index is 12.7. The molecule has 1 fully saturated rings. The zero-order valence-corrected chi connectivity index (χ0v) is 18.4. The van der Waals surface area contributed by atoms with Gasteiger partial charge in [-0.15, -0.1) is 16.4 Å². The van der Waals surface area contributed by atoms with Crippen LogP contribution < -0.4 is 10.2 Å². The average Bonchev–Trinajstić information content (AvgIpc) is 3.49. The summed E-state index contributed by atoms with van der Waals surface area (Å²) < 4.78 is 1.86. The number of fused-ring (bicyclic) bond motifs is 1. The molecule has 1 N–H and O–H groups in total. The minimum absolute atomic E-state index is 0.00180. The van der Waals surface area contributed by atoms with Crippen molar-refractivity contribution in [2.45, 2.75) is 26.3 Å². The Morgan fingerprint density at radius 3 is 2.90 bits per heavy atom. The van der Waals surface area contributed by atoms with Crippen molar-refractivity contribution >= 4 is 38.7 Å². The number of thiophene rings is 1. The molecule has 6 nitrogen and oxygen atoms in total. The first-order valence-electron chi connectivity index (χ1n) is 10.1. The van der Waals surface area contributed by atoms with Gasteiger partial charge < -0.3 is 10.2 Å². The SMILES string of the molecule is Cc1ccc(-c2cn3nc(N4CCCC(C(=O)NCc5cccs5)C4)sc3n2)cc1. The number of benzene rings is 1. The normalized spacial score (nSPS) is 16.8. The Kier molecular flexibility index (Phi) is 5.26. The van der Waals surface area contributed by atoms with E-state index in [9.17, 15) is 4.79 Å². The fourth-order valence-corrected chi connectivity index (χ4v) is 5.34. The third kappa shape index (κ3) is 3.97. The van der Waals surface area contributed by atoms with Crippen molar-refractivity contribution in [1.82, 2.24) is 19.9 Å². The molecule has 4 heterocycles. The molecule has 4 aromatic rings. The highest BCUT2D eigenvalue weighted by Gasteiger charge is 2.27. The van der Waals surface area contributed by atoms with Crippen LogP contribution >= 0.6 is 22.7 Å². The van der Waals surface area contributed by atoms with Crippen LogP contribution in [-0.4, -0.2) is 33.6 Å². The number of aryl methyl sites for hydroxylation is 1. The highest BCUT2D eigenvalue weighted by Crippen LogP contribution is 2.30. The molecule has 1 amide bonds. The highest BCUT2D eigenvalue weighted by atomic mass is 32.1. The zero-order valence-electron chi connectivity index (χ0n) is 16.7. The van der Waals surface area contributed by atoms with E-state index in [-0.39, 0.29) is 11.8 Å². The van der Waals surface area contributed by atoms with Crippen LogP contribution in [0.1, 0.15) is 23.3 Å². The largest absolute Gasteiger partial charge is 0.351 e. The molecule has 0 spiro atoms. The molecular weight excluding hydrogens is 414 g/mol. The minimum Gasteiger partial charge on any atom is -0.351 e. The summed E-state index contributed by atoms with van der Waals surface area (Å²) in [6, 6.07) is 12.4. The van der Waals surface area contributed by atoms with Gasteiger partial charge in [0.1, 0.15) is 0 Å². The summed E-state index contributed by atoms with van der Waals surface area (Å²) in [5.41, 5.74) is 3.27. The molecule has 1 aliphatic heterocycles. The Morgan fingerprint density at radius 2 is 2.13 bits per heavy atom. The Labute approximate surface area is 183 Å². The van der Waals surface area contributed by atoms with Gasteiger partial charge in [0.05, 0.1) is 24.4 Å². The van der Waals surface area contributed by atoms with Crippen molar-refractivity contribution in [3.63, 3.8) is 0 Å². The van der Waals surface area contributed by atoms with E-state index in [0.29, 0.717) is 13.1 Å². The van der Waals surface area contributed by atoms with Crippen molar-refractivity contribution in [3.8, 4) is 11.3 Å². The number of amides is 1. The fourth-order valence-electron chi connectivity index (χ4n) is 3.78. The number of carbonyl (C=O) groups excluding carboxylic acids is 1. The second-order valence-corrected chi connectivity index (χ2v) is 9.65. The van der Waals surface area contributed by atoms with E-state index in [4.69, 9.17) is 10.1 Å². The first kappa shape index (κ1) is 19.3. The monoisotopic (exact) mass is 437 g/mol. The standard InChI is InChI=1S/C22H23N5OS2/c1-15-6-8-16(9-7-15)19-14-27-21(24-19)30-22(25-27)26-10-2-4-17(13-26)20(28)23-12-18-5-3-11-29-18/h3,5-9,11,14,17H,2,4,10,12-13H2,1H3,(H,23,28). The number of piperidine rings is 1. The van der Waals surface area contributed by atoms with E-state index in [0.717, 1.165) is 40.7 Å². The van der Waals surface area contributed by atoms with Crippen LogP contribution in [0, 0.1) is 12.8 Å². The van der Waals surface area contributed by atoms with Gasteiger partial charge in [-0.3, -0.25) is 4.79 Å². The molecule has 0 bridgehead atoms. The van der Waals surface area contributed by atoms with Crippen LogP contribution in [0.3, 0.4) is 0 Å². The van der Waals surface area contributed by atoms with E-state index < -0.39 is 0 Å². The van der Waals surface area contributed by atoms with Gasteiger partial charge in [-0.2, -0.15) is 0 Å². The number of rotatable bonds is 5. The summed E-state index contributed by atoms with van der Waals surface area (Å²) in [5, 5.41) is 10.8. The summed E-state index contributed by atoms with van der Waals surface area (Å²) in [5.74, 6) is 0.133. The number of anilines is 1. The Bertz CT molecular complexity index is 1110. The summed E-state index contributed by atoms with van der Waals surface area (Å²) in [6.45, 7) is 4.32. The lowest BCUT2D eigenvalue weighted by Gasteiger charge is -2.31. The molecular formula is C22H23N5OS2. The summed E-state index contributed by atoms with van der Waals surface area (Å²) >= 11 is 3.25. The molecule has 0 aliphatic carbocycles. The molecule has 30 heavy (non-hydrogen) atoms. The van der Waals surface area contributed by atoms with Crippen LogP contribution in [0.4, 0.5) is 5.13 Å². The van der Waals surface area contributed by atoms with Gasteiger partial charge in [0, 0.05) is 23.5 Å². The lowest BCUT2D eigenvalue weighted by molar-refractivity contribution is -0.125. The van der Waals surface area contributed by atoms with Crippen LogP contribution in [0.15, 0.2) is 48.0 Å². The van der Waals surface area contributed by atoms with Crippen molar-refractivity contribution < 1.29 is 4.79 Å². The van der Waals surface area contributed by atoms with Crippen molar-refractivity contribution in [1.29, 1.82) is 0 Å². The first-order valence-corrected chi connectivity index (χ1v) is 11.8. The number of hydrogen-bond donors (Lipinski definition) is 1. The fraction of sp³-hybridized carbons (Fsp3) is 0.318. The van der Waals surface area contributed by atoms with Crippen LogP contribution in [-0.2, 0) is 11.3 Å². The van der Waals surface area contributed by atoms with Gasteiger partial charge in [-0.25, -0.2) is 9.50 Å². The van der Waals surface area contributed by atoms with Gasteiger partial charge in [-0.1, -0.05) is 47.2 Å². The Morgan fingerprint density at radius 1 is 1.27 bits per heavy atom. The predicted octanol–water partition coefficient (Wildman–Crippen LogP) is 4.36. The summed E-state index contributed by atoms with van der Waals surface area (Å²) in [7, 11) is 0. The van der Waals surface area contributed by atoms with E-state index >= 15 is 0 Å². The van der Waals surface area contributed by atoms with Gasteiger partial charge >= 0.3 is 0 Å². The third-order valence-electron chi connectivity index (χ3n) is 5.46. The average molecular weight is 438 g/mol. The van der Waals surface area contributed by atoms with E-state index in [1.807, 2.05) is 28.2 Å². The number of carbonyl (C=O) groups is 1. The third-order valence-corrected chi connectivity index (χ3v) is 7.32.